The topological polar surface area (TPSA) is 26.0 Å². The van der Waals surface area contributed by atoms with Crippen molar-refractivity contribution in [2.45, 2.75) is 13.1 Å². The van der Waals surface area contributed by atoms with Gasteiger partial charge >= 0.3 is 6.18 Å². The van der Waals surface area contributed by atoms with E-state index < -0.39 is 11.7 Å². The quantitative estimate of drug-likeness (QED) is 0.504. The van der Waals surface area contributed by atoms with Gasteiger partial charge in [0.25, 0.3) is 0 Å². The molecule has 1 aromatic carbocycles. The minimum atomic E-state index is -4.38. The van der Waals surface area contributed by atoms with Crippen LogP contribution >= 0.6 is 0 Å². The third kappa shape index (κ3) is 2.19. The highest BCUT2D eigenvalue weighted by atomic mass is 19.4. The lowest BCUT2D eigenvalue weighted by Crippen LogP contribution is -2.08. The van der Waals surface area contributed by atoms with E-state index in [2.05, 4.69) is 11.8 Å². The molecule has 0 atom stereocenters. The van der Waals surface area contributed by atoms with Crippen molar-refractivity contribution < 1.29 is 13.2 Å². The summed E-state index contributed by atoms with van der Waals surface area (Å²) in [5.74, 6) is 4.79. The first-order chi connectivity index (χ1) is 6.45. The van der Waals surface area contributed by atoms with Crippen LogP contribution in [0.5, 0.6) is 0 Å². The minimum Gasteiger partial charge on any atom is -0.399 e. The van der Waals surface area contributed by atoms with Crippen LogP contribution in [0, 0.1) is 11.8 Å². The number of alkyl halides is 3. The van der Waals surface area contributed by atoms with Crippen molar-refractivity contribution in [1.82, 2.24) is 0 Å². The number of hydrogen-bond donors (Lipinski definition) is 1. The van der Waals surface area contributed by atoms with Gasteiger partial charge in [-0.1, -0.05) is 5.92 Å². The normalized spacial score (nSPS) is 10.6. The molecule has 1 rings (SSSR count). The van der Waals surface area contributed by atoms with Gasteiger partial charge in [-0.15, -0.1) is 5.92 Å². The van der Waals surface area contributed by atoms with E-state index in [1.807, 2.05) is 0 Å². The van der Waals surface area contributed by atoms with E-state index in [4.69, 9.17) is 5.73 Å². The van der Waals surface area contributed by atoms with Crippen LogP contribution in [0.1, 0.15) is 18.1 Å². The predicted molar refractivity (Wildman–Crippen MR) is 48.4 cm³/mol. The standard InChI is InChI=1S/C10H8F3N/c1-2-3-7-6-8(14)4-5-9(7)10(11,12)13/h4-6H,14H2,1H3. The molecule has 0 fully saturated rings. The summed E-state index contributed by atoms with van der Waals surface area (Å²) < 4.78 is 37.2. The molecule has 0 saturated heterocycles. The number of nitrogen functional groups attached to an aromatic ring is 1. The summed E-state index contributed by atoms with van der Waals surface area (Å²) in [4.78, 5) is 0. The Balaban J connectivity index is 3.34. The molecule has 0 amide bonds. The number of anilines is 1. The molecular weight excluding hydrogens is 191 g/mol. The molecule has 0 heterocycles. The Bertz CT molecular complexity index is 396. The number of benzene rings is 1. The van der Waals surface area contributed by atoms with Crippen LogP contribution in [0.2, 0.25) is 0 Å². The molecule has 0 unspecified atom stereocenters. The lowest BCUT2D eigenvalue weighted by molar-refractivity contribution is -0.137. The summed E-state index contributed by atoms with van der Waals surface area (Å²) in [5.41, 5.74) is 4.81. The number of halogens is 3. The molecule has 14 heavy (non-hydrogen) atoms. The number of rotatable bonds is 0. The van der Waals surface area contributed by atoms with Crippen LogP contribution in [0.3, 0.4) is 0 Å². The molecule has 0 aliphatic carbocycles. The van der Waals surface area contributed by atoms with E-state index >= 15 is 0 Å². The molecule has 0 bridgehead atoms. The SMILES string of the molecule is CC#Cc1cc(N)ccc1C(F)(F)F. The Hall–Kier alpha value is -1.63. The summed E-state index contributed by atoms with van der Waals surface area (Å²) in [6, 6.07) is 3.37. The Labute approximate surface area is 79.7 Å². The molecule has 0 radical (unpaired) electrons. The van der Waals surface area contributed by atoms with E-state index in [9.17, 15) is 13.2 Å². The van der Waals surface area contributed by atoms with Gasteiger partial charge in [0.15, 0.2) is 0 Å². The average Bonchev–Trinajstić information content (AvgIpc) is 2.02. The summed E-state index contributed by atoms with van der Waals surface area (Å²) >= 11 is 0. The molecule has 0 spiro atoms. The highest BCUT2D eigenvalue weighted by Gasteiger charge is 2.32. The molecule has 1 aromatic rings. The van der Waals surface area contributed by atoms with Crippen LogP contribution in [0.25, 0.3) is 0 Å². The first-order valence-electron chi connectivity index (χ1n) is 3.84. The zero-order valence-corrected chi connectivity index (χ0v) is 7.44. The molecule has 1 nitrogen and oxygen atoms in total. The van der Waals surface area contributed by atoms with Gasteiger partial charge in [-0.3, -0.25) is 0 Å². The monoisotopic (exact) mass is 199 g/mol. The predicted octanol–water partition coefficient (Wildman–Crippen LogP) is 2.66. The molecule has 74 valence electrons. The third-order valence-electron chi connectivity index (χ3n) is 1.61. The van der Waals surface area contributed by atoms with Gasteiger partial charge in [0.2, 0.25) is 0 Å². The van der Waals surface area contributed by atoms with Crippen molar-refractivity contribution >= 4 is 5.69 Å². The summed E-state index contributed by atoms with van der Waals surface area (Å²) in [6.07, 6.45) is -4.38. The largest absolute Gasteiger partial charge is 0.417 e. The minimum absolute atomic E-state index is 0.0833. The zero-order valence-electron chi connectivity index (χ0n) is 7.44. The molecule has 0 aromatic heterocycles. The fourth-order valence-electron chi connectivity index (χ4n) is 1.05. The van der Waals surface area contributed by atoms with Crippen LogP contribution in [-0.4, -0.2) is 0 Å². The fourth-order valence-corrected chi connectivity index (χ4v) is 1.05. The lowest BCUT2D eigenvalue weighted by Gasteiger charge is -2.09. The maximum atomic E-state index is 12.4. The average molecular weight is 199 g/mol. The molecule has 4 heteroatoms. The van der Waals surface area contributed by atoms with Crippen molar-refractivity contribution in [3.05, 3.63) is 29.3 Å². The highest BCUT2D eigenvalue weighted by Crippen LogP contribution is 2.32. The van der Waals surface area contributed by atoms with Gasteiger partial charge in [0, 0.05) is 11.3 Å². The van der Waals surface area contributed by atoms with Crippen molar-refractivity contribution in [1.29, 1.82) is 0 Å². The maximum absolute atomic E-state index is 12.4. The van der Waals surface area contributed by atoms with E-state index in [-0.39, 0.29) is 11.3 Å². The van der Waals surface area contributed by atoms with Crippen molar-refractivity contribution in [2.24, 2.45) is 0 Å². The Kier molecular flexibility index (Phi) is 2.70. The van der Waals surface area contributed by atoms with E-state index in [0.29, 0.717) is 0 Å². The third-order valence-corrected chi connectivity index (χ3v) is 1.61. The molecule has 0 aliphatic rings. The van der Waals surface area contributed by atoms with Crippen LogP contribution in [0.4, 0.5) is 18.9 Å². The first kappa shape index (κ1) is 10.5. The van der Waals surface area contributed by atoms with Gasteiger partial charge in [-0.2, -0.15) is 13.2 Å². The smallest absolute Gasteiger partial charge is 0.399 e. The second-order valence-electron chi connectivity index (χ2n) is 2.68. The van der Waals surface area contributed by atoms with Gasteiger partial charge in [-0.25, -0.2) is 0 Å². The fraction of sp³-hybridized carbons (Fsp3) is 0.200. The number of hydrogen-bond acceptors (Lipinski definition) is 1. The first-order valence-corrected chi connectivity index (χ1v) is 3.84. The highest BCUT2D eigenvalue weighted by molar-refractivity contribution is 5.52. The van der Waals surface area contributed by atoms with Gasteiger partial charge in [0.05, 0.1) is 5.56 Å². The molecular formula is C10H8F3N. The molecule has 0 aliphatic heterocycles. The summed E-state index contributed by atoms with van der Waals surface area (Å²) in [5, 5.41) is 0. The zero-order chi connectivity index (χ0) is 10.8. The van der Waals surface area contributed by atoms with Gasteiger partial charge < -0.3 is 5.73 Å². The van der Waals surface area contributed by atoms with Crippen LogP contribution in [0.15, 0.2) is 18.2 Å². The second-order valence-corrected chi connectivity index (χ2v) is 2.68. The molecule has 2 N–H and O–H groups in total. The summed E-state index contributed by atoms with van der Waals surface area (Å²) in [7, 11) is 0. The summed E-state index contributed by atoms with van der Waals surface area (Å²) in [6.45, 7) is 1.48. The van der Waals surface area contributed by atoms with Crippen LogP contribution in [-0.2, 0) is 6.18 Å². The Morgan fingerprint density at radius 3 is 2.43 bits per heavy atom. The van der Waals surface area contributed by atoms with Crippen molar-refractivity contribution in [2.75, 3.05) is 5.73 Å². The maximum Gasteiger partial charge on any atom is 0.417 e. The Morgan fingerprint density at radius 1 is 1.29 bits per heavy atom. The van der Waals surface area contributed by atoms with Gasteiger partial charge in [-0.05, 0) is 25.1 Å². The lowest BCUT2D eigenvalue weighted by atomic mass is 10.1. The Morgan fingerprint density at radius 2 is 1.93 bits per heavy atom. The molecule has 0 saturated carbocycles. The van der Waals surface area contributed by atoms with E-state index in [1.54, 1.807) is 0 Å². The number of nitrogens with two attached hydrogens (primary N) is 1. The van der Waals surface area contributed by atoms with E-state index in [1.165, 1.54) is 19.1 Å². The van der Waals surface area contributed by atoms with Gasteiger partial charge in [0.1, 0.15) is 0 Å². The van der Waals surface area contributed by atoms with Crippen molar-refractivity contribution in [3.63, 3.8) is 0 Å². The van der Waals surface area contributed by atoms with E-state index in [0.717, 1.165) is 6.07 Å². The van der Waals surface area contributed by atoms with Crippen LogP contribution < -0.4 is 5.73 Å². The van der Waals surface area contributed by atoms with Crippen molar-refractivity contribution in [3.8, 4) is 11.8 Å². The second kappa shape index (κ2) is 3.62.